The lowest BCUT2D eigenvalue weighted by atomic mass is 9.77. The van der Waals surface area contributed by atoms with Gasteiger partial charge in [-0.05, 0) is 139 Å². The fourth-order valence-corrected chi connectivity index (χ4v) is 10.5. The summed E-state index contributed by atoms with van der Waals surface area (Å²) in [5.74, 6) is 0. The molecule has 4 aromatic rings. The van der Waals surface area contributed by atoms with Gasteiger partial charge in [0.15, 0.2) is 0 Å². The van der Waals surface area contributed by atoms with Gasteiger partial charge in [-0.3, -0.25) is 4.57 Å². The van der Waals surface area contributed by atoms with Crippen molar-refractivity contribution in [3.8, 4) is 11.4 Å². The molecule has 0 saturated heterocycles. The SMILES string of the molecule is CCOP1(=O)c2c(c(C)n(-c3ccc(I)cc3)c2C)C(C)(C)c2c1c(C)n(-c1ccc(I)cc1)c2C. The van der Waals surface area contributed by atoms with E-state index in [1.807, 2.05) is 6.92 Å². The molecule has 1 aliphatic heterocycles. The molecular formula is C29H31I2N2O2P. The van der Waals surface area contributed by atoms with Crippen molar-refractivity contribution >= 4 is 63.2 Å². The average molecular weight is 724 g/mol. The first-order valence-electron chi connectivity index (χ1n) is 12.2. The molecule has 0 amide bonds. The second-order valence-corrected chi connectivity index (χ2v) is 14.8. The number of fused-ring (bicyclic) bond motifs is 2. The monoisotopic (exact) mass is 724 g/mol. The van der Waals surface area contributed by atoms with Gasteiger partial charge in [0.2, 0.25) is 0 Å². The van der Waals surface area contributed by atoms with Crippen molar-refractivity contribution in [2.24, 2.45) is 0 Å². The second-order valence-electron chi connectivity index (χ2n) is 10.0. The molecule has 0 spiro atoms. The highest BCUT2D eigenvalue weighted by molar-refractivity contribution is 14.1. The van der Waals surface area contributed by atoms with E-state index in [0.29, 0.717) is 6.61 Å². The lowest BCUT2D eigenvalue weighted by Gasteiger charge is -2.36. The van der Waals surface area contributed by atoms with Gasteiger partial charge in [0.05, 0.1) is 17.2 Å². The highest BCUT2D eigenvalue weighted by Gasteiger charge is 2.52. The summed E-state index contributed by atoms with van der Waals surface area (Å²) < 4.78 is 28.5. The van der Waals surface area contributed by atoms with Crippen LogP contribution in [0, 0.1) is 34.8 Å². The molecule has 2 aromatic carbocycles. The van der Waals surface area contributed by atoms with Gasteiger partial charge in [0.25, 0.3) is 7.37 Å². The first-order chi connectivity index (χ1) is 16.9. The zero-order chi connectivity index (χ0) is 26.2. The van der Waals surface area contributed by atoms with E-state index in [9.17, 15) is 0 Å². The van der Waals surface area contributed by atoms with Gasteiger partial charge >= 0.3 is 0 Å². The molecule has 3 heterocycles. The molecule has 5 rings (SSSR count). The maximum Gasteiger partial charge on any atom is 0.265 e. The highest BCUT2D eigenvalue weighted by Crippen LogP contribution is 2.58. The molecule has 36 heavy (non-hydrogen) atoms. The minimum atomic E-state index is -3.37. The number of hydrogen-bond donors (Lipinski definition) is 0. The first kappa shape index (κ1) is 26.3. The molecule has 0 aliphatic carbocycles. The predicted molar refractivity (Wildman–Crippen MR) is 167 cm³/mol. The third kappa shape index (κ3) is 3.65. The Kier molecular flexibility index (Phi) is 6.67. The van der Waals surface area contributed by atoms with Crippen molar-refractivity contribution in [1.29, 1.82) is 0 Å². The summed E-state index contributed by atoms with van der Waals surface area (Å²) in [6.07, 6.45) is 0. The van der Waals surface area contributed by atoms with Crippen LogP contribution in [-0.2, 0) is 14.5 Å². The average Bonchev–Trinajstić information content (AvgIpc) is 3.26. The quantitative estimate of drug-likeness (QED) is 0.161. The summed E-state index contributed by atoms with van der Waals surface area (Å²) >= 11 is 4.66. The zero-order valence-electron chi connectivity index (χ0n) is 21.7. The van der Waals surface area contributed by atoms with Crippen LogP contribution in [0.5, 0.6) is 0 Å². The largest absolute Gasteiger partial charge is 0.322 e. The topological polar surface area (TPSA) is 36.2 Å². The number of halogens is 2. The molecule has 0 bridgehead atoms. The van der Waals surface area contributed by atoms with E-state index >= 15 is 4.57 Å². The number of nitrogens with zero attached hydrogens (tertiary/aromatic N) is 2. The standard InChI is InChI=1S/C29H31I2N2O2P/c1-8-35-36(34)27-19(4)32(23-13-9-21(30)10-14-23)17(2)25(27)29(6,7)26-18(3)33(20(5)28(26)36)24-15-11-22(31)12-16-24/h9-16H,8H2,1-7H3. The van der Waals surface area contributed by atoms with Crippen LogP contribution in [0.2, 0.25) is 0 Å². The number of rotatable bonds is 4. The van der Waals surface area contributed by atoms with Gasteiger partial charge in [-0.25, -0.2) is 0 Å². The summed E-state index contributed by atoms with van der Waals surface area (Å²) in [5.41, 5.74) is 8.33. The molecule has 7 heteroatoms. The summed E-state index contributed by atoms with van der Waals surface area (Å²) in [6.45, 7) is 15.4. The molecule has 0 atom stereocenters. The van der Waals surface area contributed by atoms with Crippen LogP contribution < -0.4 is 10.6 Å². The van der Waals surface area contributed by atoms with Crippen LogP contribution in [0.4, 0.5) is 0 Å². The van der Waals surface area contributed by atoms with E-state index in [-0.39, 0.29) is 5.41 Å². The Hall–Kier alpha value is -1.35. The fraction of sp³-hybridized carbons (Fsp3) is 0.310. The van der Waals surface area contributed by atoms with Gasteiger partial charge in [-0.1, -0.05) is 13.8 Å². The molecule has 188 valence electrons. The van der Waals surface area contributed by atoms with Crippen molar-refractivity contribution in [2.75, 3.05) is 6.61 Å². The number of benzene rings is 2. The smallest absolute Gasteiger partial charge is 0.265 e. The van der Waals surface area contributed by atoms with E-state index in [2.05, 4.69) is 144 Å². The van der Waals surface area contributed by atoms with Gasteiger partial charge < -0.3 is 13.7 Å². The molecule has 2 aromatic heterocycles. The van der Waals surface area contributed by atoms with E-state index in [1.165, 1.54) is 7.14 Å². The Balaban J connectivity index is 1.88. The van der Waals surface area contributed by atoms with Crippen LogP contribution in [0.25, 0.3) is 11.4 Å². The highest BCUT2D eigenvalue weighted by atomic mass is 127. The third-order valence-electron chi connectivity index (χ3n) is 7.54. The van der Waals surface area contributed by atoms with E-state index in [4.69, 9.17) is 4.52 Å². The normalized spacial score (nSPS) is 15.6. The van der Waals surface area contributed by atoms with Gasteiger partial charge in [-0.15, -0.1) is 0 Å². The Labute approximate surface area is 241 Å². The van der Waals surface area contributed by atoms with Crippen molar-refractivity contribution in [1.82, 2.24) is 9.13 Å². The van der Waals surface area contributed by atoms with E-state index in [0.717, 1.165) is 55.9 Å². The zero-order valence-corrected chi connectivity index (χ0v) is 26.9. The minimum absolute atomic E-state index is 0.345. The summed E-state index contributed by atoms with van der Waals surface area (Å²) in [7, 11) is -3.37. The molecule has 0 N–H and O–H groups in total. The van der Waals surface area contributed by atoms with Crippen molar-refractivity contribution < 1.29 is 9.09 Å². The molecular weight excluding hydrogens is 693 g/mol. The van der Waals surface area contributed by atoms with Crippen molar-refractivity contribution in [3.05, 3.63) is 89.6 Å². The molecule has 4 nitrogen and oxygen atoms in total. The Bertz CT molecular complexity index is 1430. The minimum Gasteiger partial charge on any atom is -0.322 e. The van der Waals surface area contributed by atoms with Crippen LogP contribution >= 0.6 is 52.6 Å². The Morgan fingerprint density at radius 3 is 1.42 bits per heavy atom. The van der Waals surface area contributed by atoms with Crippen molar-refractivity contribution in [3.63, 3.8) is 0 Å². The van der Waals surface area contributed by atoms with E-state index < -0.39 is 7.37 Å². The van der Waals surface area contributed by atoms with Crippen LogP contribution in [0.1, 0.15) is 54.7 Å². The van der Waals surface area contributed by atoms with Crippen LogP contribution in [0.15, 0.2) is 48.5 Å². The van der Waals surface area contributed by atoms with Crippen molar-refractivity contribution in [2.45, 2.75) is 53.9 Å². The number of hydrogen-bond acceptors (Lipinski definition) is 2. The van der Waals surface area contributed by atoms with Gasteiger partial charge in [0, 0.05) is 46.7 Å². The summed E-state index contributed by atoms with van der Waals surface area (Å²) in [5, 5.41) is 1.75. The Morgan fingerprint density at radius 1 is 0.722 bits per heavy atom. The summed E-state index contributed by atoms with van der Waals surface area (Å²) in [6, 6.07) is 17.0. The lowest BCUT2D eigenvalue weighted by molar-refractivity contribution is 0.346. The van der Waals surface area contributed by atoms with Gasteiger partial charge in [0.1, 0.15) is 0 Å². The molecule has 0 fully saturated rings. The molecule has 0 unspecified atom stereocenters. The maximum absolute atomic E-state index is 15.3. The maximum atomic E-state index is 15.3. The fourth-order valence-electron chi connectivity index (χ4n) is 6.36. The molecule has 0 radical (unpaired) electrons. The van der Waals surface area contributed by atoms with E-state index in [1.54, 1.807) is 0 Å². The lowest BCUT2D eigenvalue weighted by Crippen LogP contribution is -2.40. The van der Waals surface area contributed by atoms with Crippen LogP contribution in [0.3, 0.4) is 0 Å². The molecule has 1 aliphatic rings. The first-order valence-corrected chi connectivity index (χ1v) is 16.0. The van der Waals surface area contributed by atoms with Gasteiger partial charge in [-0.2, -0.15) is 0 Å². The third-order valence-corrected chi connectivity index (χ3v) is 11.9. The predicted octanol–water partition coefficient (Wildman–Crippen LogP) is 7.62. The molecule has 0 saturated carbocycles. The van der Waals surface area contributed by atoms with Crippen LogP contribution in [-0.4, -0.2) is 15.7 Å². The second kappa shape index (κ2) is 9.14. The summed E-state index contributed by atoms with van der Waals surface area (Å²) in [4.78, 5) is 0. The number of aromatic nitrogens is 2. The Morgan fingerprint density at radius 2 is 1.08 bits per heavy atom.